The van der Waals surface area contributed by atoms with Crippen molar-refractivity contribution in [2.45, 2.75) is 5.75 Å². The van der Waals surface area contributed by atoms with Crippen LogP contribution in [-0.2, 0) is 10.5 Å². The Morgan fingerprint density at radius 3 is 2.53 bits per heavy atom. The third-order valence-corrected chi connectivity index (χ3v) is 3.52. The summed E-state index contributed by atoms with van der Waals surface area (Å²) >= 11 is 1.47. The van der Waals surface area contributed by atoms with Crippen LogP contribution in [-0.4, -0.2) is 16.1 Å². The molecule has 0 unspecified atom stereocenters. The lowest BCUT2D eigenvalue weighted by atomic mass is 10.2. The van der Waals surface area contributed by atoms with Crippen molar-refractivity contribution in [2.24, 2.45) is 0 Å². The first kappa shape index (κ1) is 13.4. The summed E-state index contributed by atoms with van der Waals surface area (Å²) in [6, 6.07) is 15.2. The van der Waals surface area contributed by atoms with E-state index in [1.54, 1.807) is 6.20 Å². The van der Waals surface area contributed by atoms with Gasteiger partial charge in [-0.05, 0) is 17.7 Å². The normalized spacial score (nSPS) is 11.3. The van der Waals surface area contributed by atoms with E-state index >= 15 is 0 Å². The zero-order chi connectivity index (χ0) is 13.5. The number of aromatic nitrogens is 1. The lowest BCUT2D eigenvalue weighted by Crippen LogP contribution is -1.92. The molecule has 4 heteroatoms. The number of carbonyl (C=O) groups is 1. The van der Waals surface area contributed by atoms with Crippen LogP contribution < -0.4 is 0 Å². The minimum absolute atomic E-state index is 0.648. The SMILES string of the molecule is O=C(O)C=C(SCc1ccccn1)c1ccccc1. The van der Waals surface area contributed by atoms with Gasteiger partial charge in [-0.2, -0.15) is 0 Å². The monoisotopic (exact) mass is 271 g/mol. The molecule has 96 valence electrons. The Labute approximate surface area is 116 Å². The average molecular weight is 271 g/mol. The number of carboxylic acid groups (broad SMARTS) is 1. The van der Waals surface area contributed by atoms with Crippen LogP contribution in [0.15, 0.2) is 60.8 Å². The second-order valence-electron chi connectivity index (χ2n) is 3.82. The predicted molar refractivity (Wildman–Crippen MR) is 77.6 cm³/mol. The van der Waals surface area contributed by atoms with E-state index in [0.29, 0.717) is 5.75 Å². The van der Waals surface area contributed by atoms with Crippen LogP contribution in [0.1, 0.15) is 11.3 Å². The molecule has 3 nitrogen and oxygen atoms in total. The summed E-state index contributed by atoms with van der Waals surface area (Å²) in [4.78, 5) is 15.9. The molecule has 0 saturated carbocycles. The molecular weight excluding hydrogens is 258 g/mol. The lowest BCUT2D eigenvalue weighted by molar-refractivity contribution is -0.131. The first-order valence-corrected chi connectivity index (χ1v) is 6.77. The van der Waals surface area contributed by atoms with Gasteiger partial charge in [-0.25, -0.2) is 4.79 Å². The highest BCUT2D eigenvalue weighted by molar-refractivity contribution is 8.07. The van der Waals surface area contributed by atoms with Gasteiger partial charge in [0.05, 0.1) is 5.69 Å². The molecule has 0 aliphatic rings. The van der Waals surface area contributed by atoms with Crippen LogP contribution in [0, 0.1) is 0 Å². The van der Waals surface area contributed by atoms with Gasteiger partial charge in [0.1, 0.15) is 0 Å². The van der Waals surface area contributed by atoms with Crippen LogP contribution >= 0.6 is 11.8 Å². The van der Waals surface area contributed by atoms with Crippen molar-refractivity contribution in [1.82, 2.24) is 4.98 Å². The Morgan fingerprint density at radius 1 is 1.16 bits per heavy atom. The van der Waals surface area contributed by atoms with Crippen molar-refractivity contribution in [3.05, 3.63) is 72.1 Å². The van der Waals surface area contributed by atoms with Gasteiger partial charge in [0.25, 0.3) is 0 Å². The Hall–Kier alpha value is -2.07. The smallest absolute Gasteiger partial charge is 0.329 e. The number of hydrogen-bond acceptors (Lipinski definition) is 3. The number of nitrogens with zero attached hydrogens (tertiary/aromatic N) is 1. The molecule has 19 heavy (non-hydrogen) atoms. The Balaban J connectivity index is 2.14. The second kappa shape index (κ2) is 6.75. The highest BCUT2D eigenvalue weighted by atomic mass is 32.2. The Bertz CT molecular complexity index is 567. The molecule has 1 heterocycles. The lowest BCUT2D eigenvalue weighted by Gasteiger charge is -2.06. The highest BCUT2D eigenvalue weighted by Gasteiger charge is 2.05. The molecule has 0 aliphatic carbocycles. The molecule has 0 atom stereocenters. The fourth-order valence-electron chi connectivity index (χ4n) is 1.56. The summed E-state index contributed by atoms with van der Waals surface area (Å²) in [5.41, 5.74) is 1.84. The van der Waals surface area contributed by atoms with Gasteiger partial charge in [-0.1, -0.05) is 36.4 Å². The molecule has 1 aromatic heterocycles. The maximum absolute atomic E-state index is 10.9. The number of thioether (sulfide) groups is 1. The van der Waals surface area contributed by atoms with E-state index in [2.05, 4.69) is 4.98 Å². The number of hydrogen-bond donors (Lipinski definition) is 1. The summed E-state index contributed by atoms with van der Waals surface area (Å²) in [7, 11) is 0. The van der Waals surface area contributed by atoms with E-state index in [-0.39, 0.29) is 0 Å². The summed E-state index contributed by atoms with van der Waals surface area (Å²) in [5, 5.41) is 8.94. The first-order valence-electron chi connectivity index (χ1n) is 5.78. The quantitative estimate of drug-likeness (QED) is 0.846. The van der Waals surface area contributed by atoms with Gasteiger partial charge in [-0.3, -0.25) is 4.98 Å². The summed E-state index contributed by atoms with van der Waals surface area (Å²) in [6.07, 6.45) is 2.97. The number of aliphatic carboxylic acids is 1. The van der Waals surface area contributed by atoms with Crippen molar-refractivity contribution >= 4 is 22.6 Å². The molecule has 1 aromatic carbocycles. The van der Waals surface area contributed by atoms with Crippen molar-refractivity contribution in [2.75, 3.05) is 0 Å². The van der Waals surface area contributed by atoms with E-state index in [1.807, 2.05) is 48.5 Å². The third kappa shape index (κ3) is 4.26. The molecule has 1 N–H and O–H groups in total. The van der Waals surface area contributed by atoms with Crippen molar-refractivity contribution < 1.29 is 9.90 Å². The summed E-state index contributed by atoms with van der Waals surface area (Å²) < 4.78 is 0. The minimum Gasteiger partial charge on any atom is -0.478 e. The highest BCUT2D eigenvalue weighted by Crippen LogP contribution is 2.29. The van der Waals surface area contributed by atoms with Crippen LogP contribution in [0.5, 0.6) is 0 Å². The topological polar surface area (TPSA) is 50.2 Å². The van der Waals surface area contributed by atoms with Crippen LogP contribution in [0.4, 0.5) is 0 Å². The van der Waals surface area contributed by atoms with E-state index in [1.165, 1.54) is 17.8 Å². The van der Waals surface area contributed by atoms with Gasteiger partial charge >= 0.3 is 5.97 Å². The largest absolute Gasteiger partial charge is 0.478 e. The molecule has 0 spiro atoms. The van der Waals surface area contributed by atoms with E-state index < -0.39 is 5.97 Å². The summed E-state index contributed by atoms with van der Waals surface area (Å²) in [6.45, 7) is 0. The maximum atomic E-state index is 10.9. The van der Waals surface area contributed by atoms with Crippen LogP contribution in [0.3, 0.4) is 0 Å². The van der Waals surface area contributed by atoms with Gasteiger partial charge in [0.15, 0.2) is 0 Å². The number of rotatable bonds is 5. The molecule has 0 saturated heterocycles. The van der Waals surface area contributed by atoms with Crippen molar-refractivity contribution in [3.63, 3.8) is 0 Å². The van der Waals surface area contributed by atoms with Crippen LogP contribution in [0.25, 0.3) is 4.91 Å². The van der Waals surface area contributed by atoms with Gasteiger partial charge in [-0.15, -0.1) is 11.8 Å². The molecule has 2 rings (SSSR count). The summed E-state index contributed by atoms with van der Waals surface area (Å²) in [5.74, 6) is -0.290. The molecule has 0 bridgehead atoms. The zero-order valence-corrected chi connectivity index (χ0v) is 11.0. The minimum atomic E-state index is -0.938. The fourth-order valence-corrected chi connectivity index (χ4v) is 2.52. The molecule has 0 radical (unpaired) electrons. The fraction of sp³-hybridized carbons (Fsp3) is 0.0667. The van der Waals surface area contributed by atoms with E-state index in [9.17, 15) is 4.79 Å². The Morgan fingerprint density at radius 2 is 1.89 bits per heavy atom. The van der Waals surface area contributed by atoms with Gasteiger partial charge < -0.3 is 5.11 Å². The van der Waals surface area contributed by atoms with Gasteiger partial charge in [0.2, 0.25) is 0 Å². The number of carboxylic acids is 1. The van der Waals surface area contributed by atoms with Crippen LogP contribution in [0.2, 0.25) is 0 Å². The van der Waals surface area contributed by atoms with E-state index in [4.69, 9.17) is 5.11 Å². The standard InChI is InChI=1S/C15H13NO2S/c17-15(18)10-14(12-6-2-1-3-7-12)19-11-13-8-4-5-9-16-13/h1-10H,11H2,(H,17,18). The molecular formula is C15H13NO2S. The van der Waals surface area contributed by atoms with Crippen molar-refractivity contribution in [1.29, 1.82) is 0 Å². The third-order valence-electron chi connectivity index (χ3n) is 2.41. The molecule has 2 aromatic rings. The first-order chi connectivity index (χ1) is 9.25. The molecule has 0 amide bonds. The van der Waals surface area contributed by atoms with E-state index in [0.717, 1.165) is 16.2 Å². The number of pyridine rings is 1. The van der Waals surface area contributed by atoms with Crippen molar-refractivity contribution in [3.8, 4) is 0 Å². The molecule has 0 fully saturated rings. The Kier molecular flexibility index (Phi) is 4.75. The van der Waals surface area contributed by atoms with Gasteiger partial charge in [0, 0.05) is 22.9 Å². The average Bonchev–Trinajstić information content (AvgIpc) is 2.45. The second-order valence-corrected chi connectivity index (χ2v) is 4.84. The zero-order valence-electron chi connectivity index (χ0n) is 10.2. The number of benzene rings is 1. The molecule has 0 aliphatic heterocycles. The maximum Gasteiger partial charge on any atom is 0.329 e. The predicted octanol–water partition coefficient (Wildman–Crippen LogP) is 3.44.